The van der Waals surface area contributed by atoms with E-state index in [1.807, 2.05) is 0 Å². The fourth-order valence-electron chi connectivity index (χ4n) is 8.64. The maximum atomic E-state index is 12.8. The second-order valence-electron chi connectivity index (χ2n) is 18.1. The van der Waals surface area contributed by atoms with E-state index in [0.717, 1.165) is 109 Å². The van der Waals surface area contributed by atoms with Crippen LogP contribution in [0.15, 0.2) is 0 Å². The molecule has 7 nitrogen and oxygen atoms in total. The van der Waals surface area contributed by atoms with Gasteiger partial charge in [-0.25, -0.2) is 0 Å². The summed E-state index contributed by atoms with van der Waals surface area (Å²) < 4.78 is 17.2. The van der Waals surface area contributed by atoms with Crippen molar-refractivity contribution in [2.45, 2.75) is 240 Å². The van der Waals surface area contributed by atoms with Gasteiger partial charge in [-0.15, -0.1) is 0 Å². The van der Waals surface area contributed by atoms with E-state index in [4.69, 9.17) is 14.2 Å². The molecule has 0 radical (unpaired) electrons. The summed E-state index contributed by atoms with van der Waals surface area (Å²) in [6, 6.07) is 0. The van der Waals surface area contributed by atoms with Crippen LogP contribution in [0.25, 0.3) is 0 Å². The number of esters is 3. The molecule has 57 heavy (non-hydrogen) atoms. The zero-order valence-corrected chi connectivity index (χ0v) is 38.6. The summed E-state index contributed by atoms with van der Waals surface area (Å²) in [5, 5.41) is 0. The Morgan fingerprint density at radius 3 is 1.23 bits per heavy atom. The van der Waals surface area contributed by atoms with Crippen LogP contribution in [0.2, 0.25) is 0 Å². The Hall–Kier alpha value is -1.63. The normalized spacial score (nSPS) is 14.6. The number of carbonyl (C=O) groups is 3. The molecule has 0 amide bonds. The Morgan fingerprint density at radius 2 is 0.842 bits per heavy atom. The number of rotatable bonds is 41. The molecule has 0 spiro atoms. The number of likely N-dealkylation sites (tertiary alicyclic amines) is 1. The molecule has 0 saturated carbocycles. The molecule has 1 heterocycles. The summed E-state index contributed by atoms with van der Waals surface area (Å²) in [5.74, 6) is 1.74. The van der Waals surface area contributed by atoms with Crippen molar-refractivity contribution in [3.05, 3.63) is 0 Å². The first kappa shape index (κ1) is 53.4. The number of hydrogen-bond acceptors (Lipinski definition) is 7. The molecule has 1 fully saturated rings. The Balaban J connectivity index is 2.29. The van der Waals surface area contributed by atoms with Gasteiger partial charge >= 0.3 is 17.9 Å². The molecule has 0 N–H and O–H groups in total. The lowest BCUT2D eigenvalue weighted by molar-refractivity contribution is -0.149. The van der Waals surface area contributed by atoms with E-state index in [2.05, 4.69) is 39.6 Å². The highest BCUT2D eigenvalue weighted by molar-refractivity contribution is 5.73. The van der Waals surface area contributed by atoms with Crippen molar-refractivity contribution in [1.29, 1.82) is 0 Å². The van der Waals surface area contributed by atoms with Gasteiger partial charge in [0.05, 0.1) is 25.7 Å². The van der Waals surface area contributed by atoms with E-state index in [1.165, 1.54) is 103 Å². The molecular formula is C50H95NO6. The number of ether oxygens (including phenoxy) is 3. The summed E-state index contributed by atoms with van der Waals surface area (Å²) in [7, 11) is 2.07. The third kappa shape index (κ3) is 31.9. The Labute approximate surface area is 353 Å². The molecule has 1 aliphatic rings. The fourth-order valence-corrected chi connectivity index (χ4v) is 8.64. The van der Waals surface area contributed by atoms with E-state index in [0.29, 0.717) is 50.4 Å². The van der Waals surface area contributed by atoms with Crippen molar-refractivity contribution >= 4 is 17.9 Å². The van der Waals surface area contributed by atoms with Crippen LogP contribution in [0.5, 0.6) is 0 Å². The number of hydrogen-bond donors (Lipinski definition) is 0. The van der Waals surface area contributed by atoms with Gasteiger partial charge in [-0.2, -0.15) is 0 Å². The minimum absolute atomic E-state index is 0.0184. The molecule has 1 saturated heterocycles. The van der Waals surface area contributed by atoms with Crippen LogP contribution in [0.3, 0.4) is 0 Å². The lowest BCUT2D eigenvalue weighted by atomic mass is 9.92. The summed E-state index contributed by atoms with van der Waals surface area (Å²) in [6.45, 7) is 12.5. The molecule has 336 valence electrons. The van der Waals surface area contributed by atoms with E-state index in [-0.39, 0.29) is 23.8 Å². The Bertz CT molecular complexity index is 866. The SMILES string of the molecule is CCCCCC(CCCCC)CCOC(=O)CCCCCCCC(CCCCCCCC(=O)OCCC(CCCCC)CCCCC)COC(=O)C1CCN(C)C1. The third-order valence-electron chi connectivity index (χ3n) is 12.6. The molecule has 0 aromatic carbocycles. The first-order valence-electron chi connectivity index (χ1n) is 25.0. The van der Waals surface area contributed by atoms with Crippen LogP contribution < -0.4 is 0 Å². The van der Waals surface area contributed by atoms with Gasteiger partial charge in [0.25, 0.3) is 0 Å². The van der Waals surface area contributed by atoms with Gasteiger partial charge < -0.3 is 19.1 Å². The first-order chi connectivity index (χ1) is 27.8. The number of nitrogens with zero attached hydrogens (tertiary/aromatic N) is 1. The third-order valence-corrected chi connectivity index (χ3v) is 12.6. The Morgan fingerprint density at radius 1 is 0.474 bits per heavy atom. The topological polar surface area (TPSA) is 82.1 Å². The van der Waals surface area contributed by atoms with E-state index >= 15 is 0 Å². The van der Waals surface area contributed by atoms with Crippen LogP contribution in [0.4, 0.5) is 0 Å². The van der Waals surface area contributed by atoms with E-state index in [9.17, 15) is 14.4 Å². The maximum Gasteiger partial charge on any atom is 0.310 e. The lowest BCUT2D eigenvalue weighted by Crippen LogP contribution is -2.24. The average molecular weight is 806 g/mol. The minimum Gasteiger partial charge on any atom is -0.466 e. The van der Waals surface area contributed by atoms with Crippen molar-refractivity contribution in [3.63, 3.8) is 0 Å². The smallest absolute Gasteiger partial charge is 0.310 e. The molecule has 0 bridgehead atoms. The van der Waals surface area contributed by atoms with Crippen molar-refractivity contribution in [2.75, 3.05) is 40.0 Å². The lowest BCUT2D eigenvalue weighted by Gasteiger charge is -2.19. The van der Waals surface area contributed by atoms with Crippen LogP contribution in [-0.2, 0) is 28.6 Å². The van der Waals surface area contributed by atoms with Gasteiger partial charge in [0.1, 0.15) is 0 Å². The zero-order chi connectivity index (χ0) is 41.6. The summed E-state index contributed by atoms with van der Waals surface area (Å²) in [5.41, 5.74) is 0. The maximum absolute atomic E-state index is 12.8. The van der Waals surface area contributed by atoms with Crippen LogP contribution >= 0.6 is 0 Å². The van der Waals surface area contributed by atoms with Gasteiger partial charge in [-0.05, 0) is 76.3 Å². The van der Waals surface area contributed by atoms with Gasteiger partial charge in [0, 0.05) is 19.4 Å². The van der Waals surface area contributed by atoms with Crippen LogP contribution in [0.1, 0.15) is 240 Å². The molecule has 1 rings (SSSR count). The molecule has 0 aliphatic carbocycles. The molecular weight excluding hydrogens is 711 g/mol. The summed E-state index contributed by atoms with van der Waals surface area (Å²) in [4.78, 5) is 39.8. The number of carbonyl (C=O) groups excluding carboxylic acids is 3. The predicted molar refractivity (Wildman–Crippen MR) is 239 cm³/mol. The highest BCUT2D eigenvalue weighted by Crippen LogP contribution is 2.24. The highest BCUT2D eigenvalue weighted by Gasteiger charge is 2.28. The standard InChI is InChI=1S/C50H95NO6/c1-6-10-20-28-44(29-21-11-7-2)37-40-55-48(52)34-26-18-14-16-24-32-46(43-57-50(54)47-36-39-51(5)42-47)33-25-17-15-19-27-35-49(53)56-41-38-45(30-22-12-8-3)31-23-13-9-4/h44-47H,6-43H2,1-5H3. The molecule has 1 unspecified atom stereocenters. The van der Waals surface area contributed by atoms with Crippen molar-refractivity contribution in [3.8, 4) is 0 Å². The van der Waals surface area contributed by atoms with Crippen molar-refractivity contribution in [1.82, 2.24) is 4.90 Å². The molecule has 1 atom stereocenters. The summed E-state index contributed by atoms with van der Waals surface area (Å²) >= 11 is 0. The van der Waals surface area contributed by atoms with Crippen molar-refractivity contribution < 1.29 is 28.6 Å². The van der Waals surface area contributed by atoms with Crippen LogP contribution in [0, 0.1) is 23.7 Å². The average Bonchev–Trinajstić information content (AvgIpc) is 3.64. The molecule has 1 aliphatic heterocycles. The van der Waals surface area contributed by atoms with Gasteiger partial charge in [-0.1, -0.05) is 182 Å². The molecule has 7 heteroatoms. The van der Waals surface area contributed by atoms with Crippen LogP contribution in [-0.4, -0.2) is 62.8 Å². The molecule has 0 aromatic heterocycles. The predicted octanol–water partition coefficient (Wildman–Crippen LogP) is 14.0. The monoisotopic (exact) mass is 806 g/mol. The second-order valence-corrected chi connectivity index (χ2v) is 18.1. The molecule has 0 aromatic rings. The van der Waals surface area contributed by atoms with Gasteiger partial charge in [0.2, 0.25) is 0 Å². The van der Waals surface area contributed by atoms with Gasteiger partial charge in [-0.3, -0.25) is 14.4 Å². The van der Waals surface area contributed by atoms with E-state index < -0.39 is 0 Å². The zero-order valence-electron chi connectivity index (χ0n) is 38.6. The summed E-state index contributed by atoms with van der Waals surface area (Å²) in [6.07, 6.45) is 37.5. The Kier molecular flexibility index (Phi) is 36.1. The largest absolute Gasteiger partial charge is 0.466 e. The fraction of sp³-hybridized carbons (Fsp3) is 0.940. The quantitative estimate of drug-likeness (QED) is 0.0346. The first-order valence-corrected chi connectivity index (χ1v) is 25.0. The second kappa shape index (κ2) is 38.6. The number of unbranched alkanes of at least 4 members (excludes halogenated alkanes) is 16. The van der Waals surface area contributed by atoms with E-state index in [1.54, 1.807) is 0 Å². The van der Waals surface area contributed by atoms with Gasteiger partial charge in [0.15, 0.2) is 0 Å². The highest BCUT2D eigenvalue weighted by atomic mass is 16.5. The minimum atomic E-state index is -0.0270. The van der Waals surface area contributed by atoms with Crippen molar-refractivity contribution in [2.24, 2.45) is 23.7 Å².